The number of hydrogen-bond acceptors (Lipinski definition) is 2. The number of benzene rings is 2. The molecule has 1 aliphatic heterocycles. The summed E-state index contributed by atoms with van der Waals surface area (Å²) in [5.41, 5.74) is 3.27. The normalized spacial score (nSPS) is 16.8. The van der Waals surface area contributed by atoms with Crippen LogP contribution >= 0.6 is 23.8 Å². The van der Waals surface area contributed by atoms with E-state index in [2.05, 4.69) is 16.0 Å². The van der Waals surface area contributed by atoms with E-state index in [1.807, 2.05) is 6.92 Å². The molecule has 0 bridgehead atoms. The van der Waals surface area contributed by atoms with E-state index in [1.54, 1.807) is 37.3 Å². The van der Waals surface area contributed by atoms with Crippen molar-refractivity contribution in [2.45, 2.75) is 19.9 Å². The Balaban J connectivity index is 1.96. The molecule has 0 aliphatic carbocycles. The summed E-state index contributed by atoms with van der Waals surface area (Å²) >= 11 is 11.3. The third kappa shape index (κ3) is 3.71. The Bertz CT molecular complexity index is 912. The number of allylic oxidation sites excluding steroid dienone is 1. The molecular weight excluding hydrogens is 373 g/mol. The quantitative estimate of drug-likeness (QED) is 0.688. The Morgan fingerprint density at radius 2 is 1.88 bits per heavy atom. The van der Waals surface area contributed by atoms with Crippen molar-refractivity contribution in [3.8, 4) is 0 Å². The van der Waals surface area contributed by atoms with Gasteiger partial charge in [0.15, 0.2) is 5.11 Å². The summed E-state index contributed by atoms with van der Waals surface area (Å²) in [7, 11) is 0. The van der Waals surface area contributed by atoms with Gasteiger partial charge in [0.2, 0.25) is 0 Å². The van der Waals surface area contributed by atoms with Gasteiger partial charge in [-0.3, -0.25) is 4.79 Å². The van der Waals surface area contributed by atoms with Crippen molar-refractivity contribution >= 4 is 40.5 Å². The van der Waals surface area contributed by atoms with Gasteiger partial charge in [-0.2, -0.15) is 0 Å². The predicted molar refractivity (Wildman–Crippen MR) is 106 cm³/mol. The van der Waals surface area contributed by atoms with Crippen molar-refractivity contribution in [2.75, 3.05) is 5.32 Å². The molecule has 26 heavy (non-hydrogen) atoms. The van der Waals surface area contributed by atoms with Gasteiger partial charge in [-0.15, -0.1) is 0 Å². The summed E-state index contributed by atoms with van der Waals surface area (Å²) in [5, 5.41) is 9.93. The van der Waals surface area contributed by atoms with Crippen molar-refractivity contribution in [3.05, 3.63) is 75.7 Å². The van der Waals surface area contributed by atoms with Gasteiger partial charge in [-0.25, -0.2) is 4.39 Å². The Hall–Kier alpha value is -2.44. The molecule has 1 atom stereocenters. The molecular formula is C19H17ClFN3OS. The summed E-state index contributed by atoms with van der Waals surface area (Å²) < 4.78 is 13.3. The Kier molecular flexibility index (Phi) is 5.25. The average molecular weight is 390 g/mol. The van der Waals surface area contributed by atoms with Crippen LogP contribution in [0, 0.1) is 12.7 Å². The van der Waals surface area contributed by atoms with Gasteiger partial charge in [0.25, 0.3) is 5.91 Å². The van der Waals surface area contributed by atoms with Crippen LogP contribution in [0.25, 0.3) is 0 Å². The molecule has 1 amide bonds. The van der Waals surface area contributed by atoms with Crippen LogP contribution in [0.5, 0.6) is 0 Å². The number of carbonyl (C=O) groups is 1. The molecule has 0 radical (unpaired) electrons. The molecule has 0 aromatic heterocycles. The number of anilines is 1. The first-order chi connectivity index (χ1) is 12.4. The number of nitrogens with one attached hydrogen (secondary N) is 3. The summed E-state index contributed by atoms with van der Waals surface area (Å²) in [6.45, 7) is 3.62. The lowest BCUT2D eigenvalue weighted by Crippen LogP contribution is -2.45. The highest BCUT2D eigenvalue weighted by atomic mass is 35.5. The lowest BCUT2D eigenvalue weighted by atomic mass is 9.95. The van der Waals surface area contributed by atoms with Crippen LogP contribution in [0.1, 0.15) is 24.1 Å². The van der Waals surface area contributed by atoms with E-state index in [4.69, 9.17) is 23.8 Å². The topological polar surface area (TPSA) is 53.2 Å². The van der Waals surface area contributed by atoms with Gasteiger partial charge >= 0.3 is 0 Å². The minimum absolute atomic E-state index is 0.287. The second-order valence-electron chi connectivity index (χ2n) is 5.99. The first-order valence-corrected chi connectivity index (χ1v) is 8.75. The number of carbonyl (C=O) groups excluding carboxylic acids is 1. The number of hydrogen-bond donors (Lipinski definition) is 3. The third-order valence-electron chi connectivity index (χ3n) is 4.23. The second-order valence-corrected chi connectivity index (χ2v) is 6.80. The standard InChI is InChI=1S/C19H17ClFN3OS/c1-10-14(20)4-3-5-15(10)23-18(25)16-11(2)22-19(26)24-17(16)12-6-8-13(21)9-7-12/h3-9,17H,1-2H3,(H,23,25)(H2,22,24,26). The van der Waals surface area contributed by atoms with E-state index in [0.29, 0.717) is 27.1 Å². The van der Waals surface area contributed by atoms with Gasteiger partial charge in [-0.05, 0) is 61.5 Å². The fourth-order valence-electron chi connectivity index (χ4n) is 2.83. The molecule has 0 saturated carbocycles. The molecule has 1 unspecified atom stereocenters. The summed E-state index contributed by atoms with van der Waals surface area (Å²) in [4.78, 5) is 13.0. The number of rotatable bonds is 3. The predicted octanol–water partition coefficient (Wildman–Crippen LogP) is 4.22. The minimum atomic E-state index is -0.483. The van der Waals surface area contributed by atoms with Crippen molar-refractivity contribution in [1.29, 1.82) is 0 Å². The molecule has 0 spiro atoms. The van der Waals surface area contributed by atoms with Gasteiger partial charge in [0.1, 0.15) is 5.82 Å². The van der Waals surface area contributed by atoms with E-state index >= 15 is 0 Å². The zero-order valence-corrected chi connectivity index (χ0v) is 15.8. The Morgan fingerprint density at radius 1 is 1.19 bits per heavy atom. The maximum Gasteiger partial charge on any atom is 0.255 e. The van der Waals surface area contributed by atoms with Gasteiger partial charge < -0.3 is 16.0 Å². The van der Waals surface area contributed by atoms with Crippen molar-refractivity contribution in [3.63, 3.8) is 0 Å². The molecule has 0 fully saturated rings. The summed E-state index contributed by atoms with van der Waals surface area (Å²) in [6, 6.07) is 10.8. The number of amides is 1. The fraction of sp³-hybridized carbons (Fsp3) is 0.158. The van der Waals surface area contributed by atoms with Crippen LogP contribution in [0.3, 0.4) is 0 Å². The van der Waals surface area contributed by atoms with Crippen LogP contribution in [0.15, 0.2) is 53.7 Å². The molecule has 7 heteroatoms. The van der Waals surface area contributed by atoms with E-state index in [9.17, 15) is 9.18 Å². The maximum atomic E-state index is 13.3. The molecule has 3 rings (SSSR count). The van der Waals surface area contributed by atoms with Gasteiger partial charge in [-0.1, -0.05) is 29.8 Å². The van der Waals surface area contributed by atoms with E-state index in [0.717, 1.165) is 11.1 Å². The van der Waals surface area contributed by atoms with Crippen LogP contribution in [-0.2, 0) is 4.79 Å². The molecule has 134 valence electrons. The lowest BCUT2D eigenvalue weighted by molar-refractivity contribution is -0.113. The molecule has 2 aromatic rings. The fourth-order valence-corrected chi connectivity index (χ4v) is 3.28. The minimum Gasteiger partial charge on any atom is -0.351 e. The first kappa shape index (κ1) is 18.4. The Morgan fingerprint density at radius 3 is 2.58 bits per heavy atom. The molecule has 2 aromatic carbocycles. The second kappa shape index (κ2) is 7.43. The molecule has 0 saturated heterocycles. The summed E-state index contributed by atoms with van der Waals surface area (Å²) in [6.07, 6.45) is 0. The molecule has 1 aliphatic rings. The molecule has 3 N–H and O–H groups in total. The van der Waals surface area contributed by atoms with Crippen LogP contribution < -0.4 is 16.0 Å². The summed E-state index contributed by atoms with van der Waals surface area (Å²) in [5.74, 6) is -0.629. The highest BCUT2D eigenvalue weighted by molar-refractivity contribution is 7.80. The Labute approximate surface area is 161 Å². The van der Waals surface area contributed by atoms with Crippen LogP contribution in [0.2, 0.25) is 5.02 Å². The zero-order valence-electron chi connectivity index (χ0n) is 14.2. The van der Waals surface area contributed by atoms with E-state index in [-0.39, 0.29) is 11.7 Å². The highest BCUT2D eigenvalue weighted by Gasteiger charge is 2.30. The van der Waals surface area contributed by atoms with Crippen LogP contribution in [-0.4, -0.2) is 11.0 Å². The maximum absolute atomic E-state index is 13.3. The lowest BCUT2D eigenvalue weighted by Gasteiger charge is -2.30. The number of thiocarbonyl (C=S) groups is 1. The van der Waals surface area contributed by atoms with Gasteiger partial charge in [0.05, 0.1) is 11.6 Å². The van der Waals surface area contributed by atoms with E-state index in [1.165, 1.54) is 12.1 Å². The number of halogens is 2. The van der Waals surface area contributed by atoms with Crippen molar-refractivity contribution < 1.29 is 9.18 Å². The smallest absolute Gasteiger partial charge is 0.255 e. The first-order valence-electron chi connectivity index (χ1n) is 7.97. The zero-order chi connectivity index (χ0) is 18.8. The van der Waals surface area contributed by atoms with Crippen molar-refractivity contribution in [2.24, 2.45) is 0 Å². The van der Waals surface area contributed by atoms with Crippen molar-refractivity contribution in [1.82, 2.24) is 10.6 Å². The van der Waals surface area contributed by atoms with Crippen LogP contribution in [0.4, 0.5) is 10.1 Å². The van der Waals surface area contributed by atoms with Gasteiger partial charge in [0, 0.05) is 16.4 Å². The highest BCUT2D eigenvalue weighted by Crippen LogP contribution is 2.29. The molecule has 1 heterocycles. The SMILES string of the molecule is CC1=C(C(=O)Nc2cccc(Cl)c2C)C(c2ccc(F)cc2)NC(=S)N1. The van der Waals surface area contributed by atoms with E-state index < -0.39 is 6.04 Å². The average Bonchev–Trinajstić information content (AvgIpc) is 2.59. The monoisotopic (exact) mass is 389 g/mol. The largest absolute Gasteiger partial charge is 0.351 e. The molecule has 4 nitrogen and oxygen atoms in total. The third-order valence-corrected chi connectivity index (χ3v) is 4.86.